The predicted octanol–water partition coefficient (Wildman–Crippen LogP) is 0.487. The summed E-state index contributed by atoms with van der Waals surface area (Å²) in [6, 6.07) is 0.00398. The van der Waals surface area contributed by atoms with Crippen molar-refractivity contribution in [1.82, 2.24) is 20.2 Å². The minimum absolute atomic E-state index is 0.00398. The van der Waals surface area contributed by atoms with Gasteiger partial charge in [-0.15, -0.1) is 0 Å². The van der Waals surface area contributed by atoms with Crippen LogP contribution in [-0.2, 0) is 4.74 Å². The van der Waals surface area contributed by atoms with E-state index in [1.165, 1.54) is 0 Å². The molecule has 2 saturated heterocycles. The van der Waals surface area contributed by atoms with Crippen molar-refractivity contribution in [3.8, 4) is 0 Å². The zero-order valence-electron chi connectivity index (χ0n) is 12.1. The number of carbonyl (C=O) groups excluding carboxylic acids is 1. The van der Waals surface area contributed by atoms with Gasteiger partial charge in [0, 0.05) is 51.7 Å². The van der Waals surface area contributed by atoms with Crippen molar-refractivity contribution in [2.75, 3.05) is 44.2 Å². The van der Waals surface area contributed by atoms with Crippen LogP contribution in [0.15, 0.2) is 18.6 Å². The van der Waals surface area contributed by atoms with Crippen LogP contribution in [0.25, 0.3) is 0 Å². The van der Waals surface area contributed by atoms with Gasteiger partial charge in [-0.2, -0.15) is 0 Å². The molecule has 2 amide bonds. The van der Waals surface area contributed by atoms with E-state index in [0.717, 1.165) is 38.4 Å². The summed E-state index contributed by atoms with van der Waals surface area (Å²) in [7, 11) is 0. The molecule has 21 heavy (non-hydrogen) atoms. The first-order valence-electron chi connectivity index (χ1n) is 7.48. The third-order valence-electron chi connectivity index (χ3n) is 3.95. The van der Waals surface area contributed by atoms with E-state index in [2.05, 4.69) is 20.2 Å². The van der Waals surface area contributed by atoms with E-state index in [1.54, 1.807) is 18.6 Å². The lowest BCUT2D eigenvalue weighted by Gasteiger charge is -2.35. The standard InChI is InChI=1S/C14H21N5O2/c20-14(17-10-12-2-1-9-21-12)19-7-5-18(6-8-19)13-11-15-3-4-16-13/h3-4,11-12H,1-2,5-10H2,(H,17,20)/t12-/m1/s1. The van der Waals surface area contributed by atoms with Gasteiger partial charge >= 0.3 is 6.03 Å². The smallest absolute Gasteiger partial charge is 0.317 e. The van der Waals surface area contributed by atoms with Gasteiger partial charge in [0.2, 0.25) is 0 Å². The second kappa shape index (κ2) is 6.71. The molecule has 0 radical (unpaired) electrons. The van der Waals surface area contributed by atoms with Crippen LogP contribution in [-0.4, -0.2) is 66.3 Å². The second-order valence-electron chi connectivity index (χ2n) is 5.36. The fourth-order valence-corrected chi connectivity index (χ4v) is 2.71. The molecule has 1 N–H and O–H groups in total. The van der Waals surface area contributed by atoms with Crippen molar-refractivity contribution < 1.29 is 9.53 Å². The summed E-state index contributed by atoms with van der Waals surface area (Å²) in [4.78, 5) is 24.5. The maximum Gasteiger partial charge on any atom is 0.317 e. The van der Waals surface area contributed by atoms with Crippen molar-refractivity contribution in [1.29, 1.82) is 0 Å². The van der Waals surface area contributed by atoms with Gasteiger partial charge in [0.25, 0.3) is 0 Å². The van der Waals surface area contributed by atoms with Crippen molar-refractivity contribution in [2.24, 2.45) is 0 Å². The van der Waals surface area contributed by atoms with E-state index in [1.807, 2.05) is 4.90 Å². The Balaban J connectivity index is 1.43. The van der Waals surface area contributed by atoms with Crippen LogP contribution >= 0.6 is 0 Å². The highest BCUT2D eigenvalue weighted by Gasteiger charge is 2.23. The van der Waals surface area contributed by atoms with E-state index in [-0.39, 0.29) is 12.1 Å². The maximum absolute atomic E-state index is 12.1. The largest absolute Gasteiger partial charge is 0.376 e. The van der Waals surface area contributed by atoms with Gasteiger partial charge in [-0.3, -0.25) is 4.98 Å². The molecule has 1 aromatic rings. The average Bonchev–Trinajstić information content (AvgIpc) is 3.07. The van der Waals surface area contributed by atoms with Crippen molar-refractivity contribution in [3.05, 3.63) is 18.6 Å². The zero-order valence-corrected chi connectivity index (χ0v) is 12.1. The van der Waals surface area contributed by atoms with Gasteiger partial charge < -0.3 is 19.9 Å². The molecule has 7 nitrogen and oxygen atoms in total. The summed E-state index contributed by atoms with van der Waals surface area (Å²) in [5.41, 5.74) is 0. The fourth-order valence-electron chi connectivity index (χ4n) is 2.71. The summed E-state index contributed by atoms with van der Waals surface area (Å²) < 4.78 is 5.51. The van der Waals surface area contributed by atoms with Crippen LogP contribution in [0.4, 0.5) is 10.6 Å². The number of piperazine rings is 1. The van der Waals surface area contributed by atoms with E-state index < -0.39 is 0 Å². The zero-order chi connectivity index (χ0) is 14.5. The number of rotatable bonds is 3. The quantitative estimate of drug-likeness (QED) is 0.877. The molecule has 3 heterocycles. The van der Waals surface area contributed by atoms with Crippen LogP contribution in [0, 0.1) is 0 Å². The Morgan fingerprint density at radius 2 is 2.19 bits per heavy atom. The van der Waals surface area contributed by atoms with Crippen LogP contribution in [0.2, 0.25) is 0 Å². The van der Waals surface area contributed by atoms with Gasteiger partial charge in [-0.05, 0) is 12.8 Å². The van der Waals surface area contributed by atoms with Crippen molar-refractivity contribution in [2.45, 2.75) is 18.9 Å². The van der Waals surface area contributed by atoms with Gasteiger partial charge in [-0.1, -0.05) is 0 Å². The highest BCUT2D eigenvalue weighted by Crippen LogP contribution is 2.12. The number of nitrogens with zero attached hydrogens (tertiary/aromatic N) is 4. The Hall–Kier alpha value is -1.89. The number of anilines is 1. The number of aromatic nitrogens is 2. The highest BCUT2D eigenvalue weighted by atomic mass is 16.5. The number of carbonyl (C=O) groups is 1. The Bertz CT molecular complexity index is 456. The monoisotopic (exact) mass is 291 g/mol. The van der Waals surface area contributed by atoms with Crippen molar-refractivity contribution in [3.63, 3.8) is 0 Å². The van der Waals surface area contributed by atoms with Gasteiger partial charge in [0.15, 0.2) is 0 Å². The summed E-state index contributed by atoms with van der Waals surface area (Å²) in [5.74, 6) is 0.872. The van der Waals surface area contributed by atoms with Gasteiger partial charge in [0.1, 0.15) is 5.82 Å². The van der Waals surface area contributed by atoms with E-state index in [0.29, 0.717) is 19.6 Å². The molecule has 114 valence electrons. The molecule has 0 aliphatic carbocycles. The molecule has 2 fully saturated rings. The van der Waals surface area contributed by atoms with Crippen LogP contribution in [0.3, 0.4) is 0 Å². The molecule has 1 atom stereocenters. The molecule has 7 heteroatoms. The fraction of sp³-hybridized carbons (Fsp3) is 0.643. The summed E-state index contributed by atoms with van der Waals surface area (Å²) in [5, 5.41) is 2.96. The Morgan fingerprint density at radius 1 is 1.33 bits per heavy atom. The highest BCUT2D eigenvalue weighted by molar-refractivity contribution is 5.74. The number of hydrogen-bond donors (Lipinski definition) is 1. The van der Waals surface area contributed by atoms with Crippen LogP contribution in [0.1, 0.15) is 12.8 Å². The first-order valence-corrected chi connectivity index (χ1v) is 7.48. The van der Waals surface area contributed by atoms with Gasteiger partial charge in [0.05, 0.1) is 12.3 Å². The first-order chi connectivity index (χ1) is 10.3. The molecule has 0 spiro atoms. The number of amides is 2. The lowest BCUT2D eigenvalue weighted by molar-refractivity contribution is 0.108. The van der Waals surface area contributed by atoms with Gasteiger partial charge in [-0.25, -0.2) is 9.78 Å². The molecule has 2 aliphatic rings. The third-order valence-corrected chi connectivity index (χ3v) is 3.95. The molecule has 1 aromatic heterocycles. The number of urea groups is 1. The molecule has 2 aliphatic heterocycles. The number of nitrogens with one attached hydrogen (secondary N) is 1. The maximum atomic E-state index is 12.1. The molecule has 3 rings (SSSR count). The molecule has 0 bridgehead atoms. The minimum atomic E-state index is 0.00398. The lowest BCUT2D eigenvalue weighted by Crippen LogP contribution is -2.52. The third kappa shape index (κ3) is 3.60. The first kappa shape index (κ1) is 14.1. The normalized spacial score (nSPS) is 22.4. The van der Waals surface area contributed by atoms with E-state index >= 15 is 0 Å². The summed E-state index contributed by atoms with van der Waals surface area (Å²) >= 11 is 0. The van der Waals surface area contributed by atoms with E-state index in [9.17, 15) is 4.79 Å². The molecule has 0 aromatic carbocycles. The molecular weight excluding hydrogens is 270 g/mol. The SMILES string of the molecule is O=C(NC[C@H]1CCCO1)N1CCN(c2cnccn2)CC1. The summed E-state index contributed by atoms with van der Waals surface area (Å²) in [6.07, 6.45) is 7.44. The predicted molar refractivity (Wildman–Crippen MR) is 78.2 cm³/mol. The number of ether oxygens (including phenoxy) is 1. The minimum Gasteiger partial charge on any atom is -0.376 e. The molecule has 0 unspecified atom stereocenters. The van der Waals surface area contributed by atoms with E-state index in [4.69, 9.17) is 4.74 Å². The average molecular weight is 291 g/mol. The van der Waals surface area contributed by atoms with Crippen LogP contribution in [0.5, 0.6) is 0 Å². The summed E-state index contributed by atoms with van der Waals surface area (Å²) in [6.45, 7) is 4.40. The molecule has 0 saturated carbocycles. The second-order valence-corrected chi connectivity index (χ2v) is 5.36. The Kier molecular flexibility index (Phi) is 4.49. The Labute approximate surface area is 124 Å². The van der Waals surface area contributed by atoms with Crippen molar-refractivity contribution >= 4 is 11.8 Å². The number of hydrogen-bond acceptors (Lipinski definition) is 5. The Morgan fingerprint density at radius 3 is 2.86 bits per heavy atom. The van der Waals surface area contributed by atoms with Crippen LogP contribution < -0.4 is 10.2 Å². The topological polar surface area (TPSA) is 70.6 Å². The molecular formula is C14H21N5O2. The lowest BCUT2D eigenvalue weighted by atomic mass is 10.2.